The van der Waals surface area contributed by atoms with Crippen LogP contribution in [0.2, 0.25) is 0 Å². The van der Waals surface area contributed by atoms with Crippen LogP contribution in [0.3, 0.4) is 0 Å². The summed E-state index contributed by atoms with van der Waals surface area (Å²) in [7, 11) is -1.47. The van der Waals surface area contributed by atoms with E-state index < -0.39 is 10.1 Å². The minimum absolute atomic E-state index is 0. The summed E-state index contributed by atoms with van der Waals surface area (Å²) in [5.41, 5.74) is 0. The van der Waals surface area contributed by atoms with E-state index in [0.29, 0.717) is 6.42 Å². The largest absolute Gasteiger partial charge is 1.00 e. The van der Waals surface area contributed by atoms with E-state index in [1.807, 2.05) is 0 Å². The third kappa shape index (κ3) is 15.4. The quantitative estimate of drug-likeness (QED) is 0.309. The van der Waals surface area contributed by atoms with Gasteiger partial charge in [0.05, 0.1) is 5.75 Å². The van der Waals surface area contributed by atoms with E-state index in [-0.39, 0.29) is 36.7 Å². The van der Waals surface area contributed by atoms with Crippen LogP contribution >= 0.6 is 9.47 Å². The summed E-state index contributed by atoms with van der Waals surface area (Å²) in [4.78, 5) is 0. The zero-order valence-corrected chi connectivity index (χ0v) is 16.0. The van der Waals surface area contributed by atoms with Crippen molar-refractivity contribution < 1.29 is 43.4 Å². The standard InChI is InChI=1S/C12H27O3PS.Na.H/c1-2-3-4-5-6-7-8-9-10-11-12-17(13,14)15-16;;/h2-12,16H2,1H3;;/q;+1;-1. The first-order chi connectivity index (χ1) is 8.12. The molecule has 0 aliphatic heterocycles. The molecule has 0 radical (unpaired) electrons. The average molecular weight is 306 g/mol. The molecule has 0 spiro atoms. The minimum Gasteiger partial charge on any atom is -1.00 e. The maximum absolute atomic E-state index is 11.0. The zero-order chi connectivity index (χ0) is 13.0. The van der Waals surface area contributed by atoms with E-state index in [9.17, 15) is 8.42 Å². The molecule has 0 amide bonds. The van der Waals surface area contributed by atoms with E-state index in [1.165, 1.54) is 44.9 Å². The van der Waals surface area contributed by atoms with Gasteiger partial charge in [0, 0.05) is 9.47 Å². The summed E-state index contributed by atoms with van der Waals surface area (Å²) in [5, 5.41) is 0. The number of unbranched alkanes of at least 4 members (excludes halogenated alkanes) is 9. The van der Waals surface area contributed by atoms with E-state index in [2.05, 4.69) is 10.9 Å². The van der Waals surface area contributed by atoms with Crippen LogP contribution in [0, 0.1) is 0 Å². The Balaban J connectivity index is -0.00000128. The van der Waals surface area contributed by atoms with Crippen molar-refractivity contribution >= 4 is 19.6 Å². The van der Waals surface area contributed by atoms with Gasteiger partial charge >= 0.3 is 29.6 Å². The Hall–Kier alpha value is 1.34. The molecule has 0 saturated heterocycles. The molecule has 0 N–H and O–H groups in total. The van der Waals surface area contributed by atoms with E-state index >= 15 is 0 Å². The van der Waals surface area contributed by atoms with E-state index in [1.54, 1.807) is 9.47 Å². The van der Waals surface area contributed by atoms with Crippen LogP contribution in [0.4, 0.5) is 0 Å². The van der Waals surface area contributed by atoms with Gasteiger partial charge in [-0.3, -0.25) is 3.97 Å². The first-order valence-corrected chi connectivity index (χ1v) is 8.78. The van der Waals surface area contributed by atoms with Crippen molar-refractivity contribution in [3.63, 3.8) is 0 Å². The van der Waals surface area contributed by atoms with Gasteiger partial charge in [-0.05, 0) is 6.42 Å². The predicted molar refractivity (Wildman–Crippen MR) is 77.5 cm³/mol. The van der Waals surface area contributed by atoms with Gasteiger partial charge < -0.3 is 1.43 Å². The molecule has 3 nitrogen and oxygen atoms in total. The molecular formula is C12H28NaO3PS. The van der Waals surface area contributed by atoms with Gasteiger partial charge in [-0.2, -0.15) is 8.42 Å². The maximum atomic E-state index is 11.0. The second kappa shape index (κ2) is 14.7. The summed E-state index contributed by atoms with van der Waals surface area (Å²) >= 11 is 0. The Labute approximate surface area is 139 Å². The third-order valence-electron chi connectivity index (χ3n) is 2.89. The van der Waals surface area contributed by atoms with Crippen LogP contribution in [0.25, 0.3) is 0 Å². The molecule has 0 aliphatic carbocycles. The fourth-order valence-corrected chi connectivity index (χ4v) is 2.76. The molecule has 6 heteroatoms. The van der Waals surface area contributed by atoms with Gasteiger partial charge in [-0.25, -0.2) is 0 Å². The van der Waals surface area contributed by atoms with Crippen LogP contribution in [-0.2, 0) is 14.1 Å². The van der Waals surface area contributed by atoms with Crippen LogP contribution < -0.4 is 29.6 Å². The van der Waals surface area contributed by atoms with Crippen LogP contribution in [0.1, 0.15) is 72.6 Å². The van der Waals surface area contributed by atoms with Crippen molar-refractivity contribution in [3.8, 4) is 0 Å². The molecule has 0 saturated carbocycles. The van der Waals surface area contributed by atoms with Crippen molar-refractivity contribution in [1.82, 2.24) is 0 Å². The molecule has 18 heavy (non-hydrogen) atoms. The molecule has 1 atom stereocenters. The number of hydrogen-bond donors (Lipinski definition) is 0. The summed E-state index contributed by atoms with van der Waals surface area (Å²) in [6.07, 6.45) is 12.1. The molecule has 0 aromatic rings. The molecule has 0 heterocycles. The van der Waals surface area contributed by atoms with E-state index in [0.717, 1.165) is 12.8 Å². The van der Waals surface area contributed by atoms with Gasteiger partial charge in [-0.15, -0.1) is 0 Å². The molecule has 1 unspecified atom stereocenters. The number of hydrogen-bond acceptors (Lipinski definition) is 3. The topological polar surface area (TPSA) is 43.4 Å². The molecule has 106 valence electrons. The normalized spacial score (nSPS) is 11.2. The monoisotopic (exact) mass is 306 g/mol. The predicted octanol–water partition coefficient (Wildman–Crippen LogP) is 1.16. The van der Waals surface area contributed by atoms with Gasteiger partial charge in [0.15, 0.2) is 0 Å². The Morgan fingerprint density at radius 2 is 1.28 bits per heavy atom. The Morgan fingerprint density at radius 3 is 1.67 bits per heavy atom. The average Bonchev–Trinajstić information content (AvgIpc) is 2.31. The van der Waals surface area contributed by atoms with Crippen molar-refractivity contribution in [2.45, 2.75) is 71.1 Å². The minimum atomic E-state index is -3.26. The van der Waals surface area contributed by atoms with E-state index in [4.69, 9.17) is 0 Å². The summed E-state index contributed by atoms with van der Waals surface area (Å²) in [6, 6.07) is 0. The van der Waals surface area contributed by atoms with Gasteiger partial charge in [0.2, 0.25) is 0 Å². The zero-order valence-electron chi connectivity index (χ0n) is 13.0. The van der Waals surface area contributed by atoms with Crippen LogP contribution in [-0.4, -0.2) is 14.2 Å². The van der Waals surface area contributed by atoms with Gasteiger partial charge in [-0.1, -0.05) is 64.7 Å². The third-order valence-corrected chi connectivity index (χ3v) is 4.86. The first-order valence-electron chi connectivity index (χ1n) is 6.73. The van der Waals surface area contributed by atoms with Gasteiger partial charge in [0.1, 0.15) is 0 Å². The molecular weight excluding hydrogens is 278 g/mol. The molecule has 0 rings (SSSR count). The Morgan fingerprint density at radius 1 is 0.889 bits per heavy atom. The van der Waals surface area contributed by atoms with Crippen LogP contribution in [0.15, 0.2) is 0 Å². The molecule has 0 bridgehead atoms. The van der Waals surface area contributed by atoms with Crippen molar-refractivity contribution in [2.24, 2.45) is 0 Å². The molecule has 0 fully saturated rings. The fraction of sp³-hybridized carbons (Fsp3) is 1.00. The smallest absolute Gasteiger partial charge is 1.00 e. The first kappa shape index (κ1) is 21.6. The van der Waals surface area contributed by atoms with Gasteiger partial charge in [0.25, 0.3) is 10.1 Å². The van der Waals surface area contributed by atoms with Crippen molar-refractivity contribution in [3.05, 3.63) is 0 Å². The fourth-order valence-electron chi connectivity index (χ4n) is 1.81. The Bertz CT molecular complexity index is 264. The second-order valence-corrected chi connectivity index (χ2v) is 6.83. The second-order valence-electron chi connectivity index (χ2n) is 4.54. The summed E-state index contributed by atoms with van der Waals surface area (Å²) in [5.74, 6) is 0.146. The summed E-state index contributed by atoms with van der Waals surface area (Å²) in [6.45, 7) is 2.23. The van der Waals surface area contributed by atoms with Crippen molar-refractivity contribution in [2.75, 3.05) is 5.75 Å². The maximum Gasteiger partial charge on any atom is 1.00 e. The van der Waals surface area contributed by atoms with Crippen molar-refractivity contribution in [1.29, 1.82) is 0 Å². The Kier molecular flexibility index (Phi) is 17.7. The molecule has 0 aromatic heterocycles. The molecule has 0 aromatic carbocycles. The SMILES string of the molecule is CCCCCCCCCCCCS(=O)(=O)OP.[H-].[Na+]. The number of rotatable bonds is 12. The molecule has 0 aliphatic rings. The van der Waals surface area contributed by atoms with Crippen LogP contribution in [0.5, 0.6) is 0 Å². The summed E-state index contributed by atoms with van der Waals surface area (Å²) < 4.78 is 26.3.